The van der Waals surface area contributed by atoms with Crippen molar-refractivity contribution in [3.63, 3.8) is 0 Å². The summed E-state index contributed by atoms with van der Waals surface area (Å²) in [6.45, 7) is 6.24. The molecule has 1 heterocycles. The lowest BCUT2D eigenvalue weighted by molar-refractivity contribution is 0.409. The summed E-state index contributed by atoms with van der Waals surface area (Å²) in [5, 5.41) is 6.87. The molecular weight excluding hydrogens is 306 g/mol. The van der Waals surface area contributed by atoms with Crippen LogP contribution in [0.2, 0.25) is 0 Å². The smallest absolute Gasteiger partial charge is 0.191 e. The summed E-state index contributed by atoms with van der Waals surface area (Å²) in [7, 11) is 3.55. The second-order valence-corrected chi connectivity index (χ2v) is 8.00. The van der Waals surface area contributed by atoms with Gasteiger partial charge in [0.1, 0.15) is 5.75 Å². The first-order valence-electron chi connectivity index (χ1n) is 8.28. The van der Waals surface area contributed by atoms with E-state index >= 15 is 0 Å². The third-order valence-corrected chi connectivity index (χ3v) is 5.81. The number of nitrogens with one attached hydrogen (secondary N) is 2. The van der Waals surface area contributed by atoms with Crippen molar-refractivity contribution in [2.24, 2.45) is 4.99 Å². The highest BCUT2D eigenvalue weighted by Crippen LogP contribution is 2.36. The fourth-order valence-electron chi connectivity index (χ4n) is 2.89. The van der Waals surface area contributed by atoms with Gasteiger partial charge in [0.2, 0.25) is 0 Å². The molecule has 1 aliphatic heterocycles. The normalized spacial score (nSPS) is 21.3. The second-order valence-electron chi connectivity index (χ2n) is 6.32. The van der Waals surface area contributed by atoms with Crippen LogP contribution < -0.4 is 15.4 Å². The van der Waals surface area contributed by atoms with Crippen molar-refractivity contribution in [2.75, 3.05) is 33.0 Å². The highest BCUT2D eigenvalue weighted by molar-refractivity contribution is 8.00. The second kappa shape index (κ2) is 8.48. The number of guanidine groups is 1. The number of nitrogens with zero attached hydrogens (tertiary/aromatic N) is 1. The molecule has 1 atom stereocenters. The minimum absolute atomic E-state index is 0.345. The Morgan fingerprint density at radius 1 is 1.39 bits per heavy atom. The maximum Gasteiger partial charge on any atom is 0.191 e. The number of aryl methyl sites for hydroxylation is 1. The quantitative estimate of drug-likeness (QED) is 0.620. The van der Waals surface area contributed by atoms with E-state index in [1.165, 1.54) is 29.7 Å². The molecular formula is C18H29N3OS. The molecule has 5 heteroatoms. The zero-order chi connectivity index (χ0) is 16.7. The molecule has 0 saturated carbocycles. The number of rotatable bonds is 6. The number of aliphatic imine (C=N–C) groups is 1. The van der Waals surface area contributed by atoms with E-state index < -0.39 is 0 Å². The van der Waals surface area contributed by atoms with E-state index in [0.717, 1.165) is 31.2 Å². The maximum atomic E-state index is 5.44. The van der Waals surface area contributed by atoms with Gasteiger partial charge in [-0.1, -0.05) is 17.7 Å². The molecule has 1 unspecified atom stereocenters. The summed E-state index contributed by atoms with van der Waals surface area (Å²) in [4.78, 5) is 4.33. The molecule has 0 aliphatic carbocycles. The topological polar surface area (TPSA) is 45.7 Å². The van der Waals surface area contributed by atoms with Gasteiger partial charge in [-0.15, -0.1) is 0 Å². The first kappa shape index (κ1) is 18.0. The average molecular weight is 336 g/mol. The van der Waals surface area contributed by atoms with Crippen molar-refractivity contribution in [2.45, 2.75) is 37.9 Å². The minimum atomic E-state index is 0.345. The van der Waals surface area contributed by atoms with Crippen molar-refractivity contribution in [3.8, 4) is 5.75 Å². The number of thioether (sulfide) groups is 1. The molecule has 2 rings (SSSR count). The van der Waals surface area contributed by atoms with Crippen LogP contribution in [0.3, 0.4) is 0 Å². The van der Waals surface area contributed by atoms with Crippen LogP contribution in [0.4, 0.5) is 0 Å². The zero-order valence-corrected chi connectivity index (χ0v) is 15.6. The van der Waals surface area contributed by atoms with Gasteiger partial charge >= 0.3 is 0 Å². The van der Waals surface area contributed by atoms with Gasteiger partial charge in [0.25, 0.3) is 0 Å². The summed E-state index contributed by atoms with van der Waals surface area (Å²) < 4.78 is 5.78. The highest BCUT2D eigenvalue weighted by atomic mass is 32.2. The van der Waals surface area contributed by atoms with Gasteiger partial charge in [-0.05, 0) is 50.5 Å². The van der Waals surface area contributed by atoms with Gasteiger partial charge in [-0.25, -0.2) is 0 Å². The Kier molecular flexibility index (Phi) is 6.63. The number of ether oxygens (including phenoxy) is 1. The van der Waals surface area contributed by atoms with Crippen LogP contribution in [0.15, 0.2) is 23.2 Å². The molecule has 2 N–H and O–H groups in total. The largest absolute Gasteiger partial charge is 0.496 e. The summed E-state index contributed by atoms with van der Waals surface area (Å²) >= 11 is 2.06. The Morgan fingerprint density at radius 2 is 2.22 bits per heavy atom. The van der Waals surface area contributed by atoms with Crippen LogP contribution in [-0.2, 0) is 6.42 Å². The predicted molar refractivity (Wildman–Crippen MR) is 101 cm³/mol. The third-order valence-electron chi connectivity index (χ3n) is 4.28. The van der Waals surface area contributed by atoms with E-state index in [9.17, 15) is 0 Å². The third kappa shape index (κ3) is 5.34. The fourth-order valence-corrected chi connectivity index (χ4v) is 4.13. The van der Waals surface area contributed by atoms with Gasteiger partial charge in [-0.3, -0.25) is 4.99 Å². The molecule has 1 fully saturated rings. The monoisotopic (exact) mass is 335 g/mol. The van der Waals surface area contributed by atoms with Gasteiger partial charge in [0, 0.05) is 24.9 Å². The lowest BCUT2D eigenvalue weighted by atomic mass is 10.1. The fraction of sp³-hybridized carbons (Fsp3) is 0.611. The standard InChI is InChI=1S/C18H29N3OS/c1-14-6-7-16(22-4)15(12-14)8-10-20-17(19-3)21-13-18(2)9-5-11-23-18/h6-7,12H,5,8-11,13H2,1-4H3,(H2,19,20,21). The molecule has 23 heavy (non-hydrogen) atoms. The van der Waals surface area contributed by atoms with Crippen LogP contribution in [0.5, 0.6) is 5.75 Å². The van der Waals surface area contributed by atoms with E-state index in [-0.39, 0.29) is 0 Å². The molecule has 128 valence electrons. The van der Waals surface area contributed by atoms with Crippen molar-refractivity contribution in [3.05, 3.63) is 29.3 Å². The lowest BCUT2D eigenvalue weighted by Crippen LogP contribution is -2.44. The van der Waals surface area contributed by atoms with Gasteiger partial charge in [-0.2, -0.15) is 11.8 Å². The molecule has 0 amide bonds. The lowest BCUT2D eigenvalue weighted by Gasteiger charge is -2.24. The van der Waals surface area contributed by atoms with Gasteiger partial charge < -0.3 is 15.4 Å². The van der Waals surface area contributed by atoms with Crippen LogP contribution in [0, 0.1) is 6.92 Å². The molecule has 4 nitrogen and oxygen atoms in total. The Bertz CT molecular complexity index is 539. The summed E-state index contributed by atoms with van der Waals surface area (Å²) in [6, 6.07) is 6.30. The molecule has 1 aromatic carbocycles. The summed E-state index contributed by atoms with van der Waals surface area (Å²) in [5.41, 5.74) is 2.49. The van der Waals surface area contributed by atoms with Gasteiger partial charge in [0.05, 0.1) is 7.11 Å². The molecule has 1 saturated heterocycles. The SMILES string of the molecule is CN=C(NCCc1cc(C)ccc1OC)NCC1(C)CCCS1. The number of hydrogen-bond acceptors (Lipinski definition) is 3. The van der Waals surface area contributed by atoms with E-state index in [1.807, 2.05) is 13.1 Å². The van der Waals surface area contributed by atoms with E-state index in [1.54, 1.807) is 7.11 Å². The first-order valence-corrected chi connectivity index (χ1v) is 9.27. The van der Waals surface area contributed by atoms with Crippen molar-refractivity contribution >= 4 is 17.7 Å². The minimum Gasteiger partial charge on any atom is -0.496 e. The number of benzene rings is 1. The summed E-state index contributed by atoms with van der Waals surface area (Å²) in [5.74, 6) is 3.11. The number of hydrogen-bond donors (Lipinski definition) is 2. The molecule has 0 aromatic heterocycles. The Labute approximate surface area is 144 Å². The Hall–Kier alpha value is -1.36. The van der Waals surface area contributed by atoms with Crippen LogP contribution in [0.25, 0.3) is 0 Å². The van der Waals surface area contributed by atoms with E-state index in [0.29, 0.717) is 4.75 Å². The summed E-state index contributed by atoms with van der Waals surface area (Å²) in [6.07, 6.45) is 3.52. The van der Waals surface area contributed by atoms with Crippen LogP contribution in [-0.4, -0.2) is 43.7 Å². The van der Waals surface area contributed by atoms with Crippen molar-refractivity contribution in [1.29, 1.82) is 0 Å². The van der Waals surface area contributed by atoms with E-state index in [2.05, 4.69) is 53.4 Å². The molecule has 1 aromatic rings. The van der Waals surface area contributed by atoms with Crippen LogP contribution >= 0.6 is 11.8 Å². The van der Waals surface area contributed by atoms with Gasteiger partial charge in [0.15, 0.2) is 5.96 Å². The zero-order valence-electron chi connectivity index (χ0n) is 14.7. The first-order chi connectivity index (χ1) is 11.1. The van der Waals surface area contributed by atoms with Crippen molar-refractivity contribution < 1.29 is 4.74 Å². The van der Waals surface area contributed by atoms with E-state index in [4.69, 9.17) is 4.74 Å². The Balaban J connectivity index is 1.81. The molecule has 0 spiro atoms. The van der Waals surface area contributed by atoms with Crippen LogP contribution in [0.1, 0.15) is 30.9 Å². The molecule has 0 radical (unpaired) electrons. The predicted octanol–water partition coefficient (Wildman–Crippen LogP) is 3.00. The Morgan fingerprint density at radius 3 is 2.87 bits per heavy atom. The maximum absolute atomic E-state index is 5.44. The molecule has 1 aliphatic rings. The highest BCUT2D eigenvalue weighted by Gasteiger charge is 2.29. The molecule has 0 bridgehead atoms. The van der Waals surface area contributed by atoms with Crippen molar-refractivity contribution in [1.82, 2.24) is 10.6 Å². The average Bonchev–Trinajstić information content (AvgIpc) is 2.98. The number of methoxy groups -OCH3 is 1.